The number of hydrogen-bond donors (Lipinski definition) is 1. The van der Waals surface area contributed by atoms with Gasteiger partial charge in [0.05, 0.1) is 5.52 Å². The average molecular weight is 253 g/mol. The molecule has 0 bridgehead atoms. The zero-order valence-corrected chi connectivity index (χ0v) is 11.0. The third kappa shape index (κ3) is 2.30. The second kappa shape index (κ2) is 4.49. The lowest BCUT2D eigenvalue weighted by molar-refractivity contribution is 0.326. The first-order valence-electron chi connectivity index (χ1n) is 7.24. The highest BCUT2D eigenvalue weighted by Gasteiger charge is 2.34. The maximum Gasteiger partial charge on any atom is 0.0703 e. The summed E-state index contributed by atoms with van der Waals surface area (Å²) in [5.74, 6) is 0. The summed E-state index contributed by atoms with van der Waals surface area (Å²) >= 11 is 0. The Bertz CT molecular complexity index is 591. The molecule has 0 amide bonds. The molecule has 1 saturated heterocycles. The van der Waals surface area contributed by atoms with Gasteiger partial charge in [0.2, 0.25) is 0 Å². The molecule has 1 saturated carbocycles. The van der Waals surface area contributed by atoms with E-state index in [1.54, 1.807) is 0 Å². The van der Waals surface area contributed by atoms with Crippen LogP contribution in [0.5, 0.6) is 0 Å². The van der Waals surface area contributed by atoms with Crippen LogP contribution < -0.4 is 5.32 Å². The van der Waals surface area contributed by atoms with E-state index in [2.05, 4.69) is 39.5 Å². The van der Waals surface area contributed by atoms with Crippen molar-refractivity contribution < 1.29 is 0 Å². The minimum atomic E-state index is 0.606. The highest BCUT2D eigenvalue weighted by Crippen LogP contribution is 2.30. The smallest absolute Gasteiger partial charge is 0.0703 e. The standard InChI is InChI=1S/C16H19N3/c1-2-12-10-13(3-6-16(12)17-8-1)18-14-7-9-19(11-14)15-4-5-15/h1-3,6,8,10,14-15,18H,4-5,7,9,11H2. The Morgan fingerprint density at radius 3 is 3.00 bits per heavy atom. The van der Waals surface area contributed by atoms with Crippen LogP contribution in [-0.2, 0) is 0 Å². The molecule has 4 rings (SSSR count). The molecule has 1 aromatic heterocycles. The summed E-state index contributed by atoms with van der Waals surface area (Å²) < 4.78 is 0. The SMILES string of the molecule is c1cnc2ccc(NC3CCN(C4CC4)C3)cc2c1. The maximum absolute atomic E-state index is 4.36. The van der Waals surface area contributed by atoms with Crippen molar-refractivity contribution >= 4 is 16.6 Å². The third-order valence-electron chi connectivity index (χ3n) is 4.26. The van der Waals surface area contributed by atoms with E-state index in [9.17, 15) is 0 Å². The molecule has 0 radical (unpaired) electrons. The Morgan fingerprint density at radius 2 is 2.11 bits per heavy atom. The number of likely N-dealkylation sites (tertiary alicyclic amines) is 1. The largest absolute Gasteiger partial charge is 0.381 e. The Hall–Kier alpha value is -1.61. The Morgan fingerprint density at radius 1 is 1.16 bits per heavy atom. The summed E-state index contributed by atoms with van der Waals surface area (Å²) in [6, 6.07) is 12.1. The topological polar surface area (TPSA) is 28.2 Å². The van der Waals surface area contributed by atoms with Crippen LogP contribution in [0.2, 0.25) is 0 Å². The summed E-state index contributed by atoms with van der Waals surface area (Å²) in [5.41, 5.74) is 2.29. The van der Waals surface area contributed by atoms with Crippen molar-refractivity contribution in [3.8, 4) is 0 Å². The van der Waals surface area contributed by atoms with Crippen LogP contribution >= 0.6 is 0 Å². The number of benzene rings is 1. The Balaban J connectivity index is 1.48. The van der Waals surface area contributed by atoms with Crippen LogP contribution in [0.25, 0.3) is 10.9 Å². The van der Waals surface area contributed by atoms with E-state index in [0.717, 1.165) is 11.6 Å². The van der Waals surface area contributed by atoms with Crippen molar-refractivity contribution in [2.45, 2.75) is 31.3 Å². The van der Waals surface area contributed by atoms with Gasteiger partial charge in [-0.3, -0.25) is 9.88 Å². The van der Waals surface area contributed by atoms with Gasteiger partial charge in [-0.1, -0.05) is 6.07 Å². The zero-order valence-electron chi connectivity index (χ0n) is 11.0. The molecule has 1 aliphatic heterocycles. The van der Waals surface area contributed by atoms with Gasteiger partial charge in [0.1, 0.15) is 0 Å². The predicted octanol–water partition coefficient (Wildman–Crippen LogP) is 2.88. The van der Waals surface area contributed by atoms with Crippen molar-refractivity contribution in [2.75, 3.05) is 18.4 Å². The number of anilines is 1. The fourth-order valence-electron chi connectivity index (χ4n) is 3.08. The minimum Gasteiger partial charge on any atom is -0.381 e. The maximum atomic E-state index is 4.36. The van der Waals surface area contributed by atoms with Crippen molar-refractivity contribution in [3.05, 3.63) is 36.5 Å². The van der Waals surface area contributed by atoms with Crippen LogP contribution in [0.15, 0.2) is 36.5 Å². The van der Waals surface area contributed by atoms with Gasteiger partial charge in [0.25, 0.3) is 0 Å². The molecule has 1 atom stereocenters. The van der Waals surface area contributed by atoms with Gasteiger partial charge in [-0.25, -0.2) is 0 Å². The van der Waals surface area contributed by atoms with E-state index in [0.29, 0.717) is 6.04 Å². The summed E-state index contributed by atoms with van der Waals surface area (Å²) in [6.07, 6.45) is 5.93. The van der Waals surface area contributed by atoms with Crippen LogP contribution in [0.1, 0.15) is 19.3 Å². The molecule has 2 fully saturated rings. The van der Waals surface area contributed by atoms with Gasteiger partial charge < -0.3 is 5.32 Å². The van der Waals surface area contributed by atoms with Crippen molar-refractivity contribution in [1.29, 1.82) is 0 Å². The van der Waals surface area contributed by atoms with Gasteiger partial charge in [0.15, 0.2) is 0 Å². The molecule has 3 heteroatoms. The molecular formula is C16H19N3. The van der Waals surface area contributed by atoms with E-state index < -0.39 is 0 Å². The molecule has 1 N–H and O–H groups in total. The fraction of sp³-hybridized carbons (Fsp3) is 0.438. The molecule has 3 nitrogen and oxygen atoms in total. The molecule has 0 spiro atoms. The molecule has 2 aliphatic rings. The fourth-order valence-corrected chi connectivity index (χ4v) is 3.08. The van der Waals surface area contributed by atoms with E-state index in [4.69, 9.17) is 0 Å². The van der Waals surface area contributed by atoms with Gasteiger partial charge in [-0.05, 0) is 43.5 Å². The summed E-state index contributed by atoms with van der Waals surface area (Å²) in [7, 11) is 0. The minimum absolute atomic E-state index is 0.606. The summed E-state index contributed by atoms with van der Waals surface area (Å²) in [5, 5.41) is 4.89. The van der Waals surface area contributed by atoms with Crippen LogP contribution in [0.3, 0.4) is 0 Å². The quantitative estimate of drug-likeness (QED) is 0.911. The highest BCUT2D eigenvalue weighted by molar-refractivity contribution is 5.82. The second-order valence-electron chi connectivity index (χ2n) is 5.77. The molecule has 1 unspecified atom stereocenters. The number of rotatable bonds is 3. The lowest BCUT2D eigenvalue weighted by atomic mass is 10.2. The van der Waals surface area contributed by atoms with Crippen molar-refractivity contribution in [1.82, 2.24) is 9.88 Å². The molecule has 98 valence electrons. The summed E-state index contributed by atoms with van der Waals surface area (Å²) in [4.78, 5) is 7.00. The van der Waals surface area contributed by atoms with Gasteiger partial charge >= 0.3 is 0 Å². The first kappa shape index (κ1) is 11.2. The molecule has 19 heavy (non-hydrogen) atoms. The second-order valence-corrected chi connectivity index (χ2v) is 5.77. The highest BCUT2D eigenvalue weighted by atomic mass is 15.2. The van der Waals surface area contributed by atoms with E-state index in [1.165, 1.54) is 43.4 Å². The lowest BCUT2D eigenvalue weighted by Crippen LogP contribution is -2.27. The average Bonchev–Trinajstić information content (AvgIpc) is 3.20. The van der Waals surface area contributed by atoms with Crippen LogP contribution in [0.4, 0.5) is 5.69 Å². The van der Waals surface area contributed by atoms with Crippen LogP contribution in [-0.4, -0.2) is 35.1 Å². The third-order valence-corrected chi connectivity index (χ3v) is 4.26. The van der Waals surface area contributed by atoms with Crippen molar-refractivity contribution in [3.63, 3.8) is 0 Å². The molecule has 2 aromatic rings. The normalized spacial score (nSPS) is 23.9. The first-order valence-corrected chi connectivity index (χ1v) is 7.24. The first-order chi connectivity index (χ1) is 9.38. The number of aromatic nitrogens is 1. The van der Waals surface area contributed by atoms with Gasteiger partial charge in [-0.2, -0.15) is 0 Å². The zero-order chi connectivity index (χ0) is 12.7. The lowest BCUT2D eigenvalue weighted by Gasteiger charge is -2.17. The Kier molecular flexibility index (Phi) is 2.66. The van der Waals surface area contributed by atoms with E-state index >= 15 is 0 Å². The molecule has 2 heterocycles. The van der Waals surface area contributed by atoms with Crippen molar-refractivity contribution in [2.24, 2.45) is 0 Å². The molecule has 1 aliphatic carbocycles. The number of pyridine rings is 1. The Labute approximate surface area is 113 Å². The van der Waals surface area contributed by atoms with Crippen LogP contribution in [0, 0.1) is 0 Å². The number of nitrogens with one attached hydrogen (secondary N) is 1. The number of nitrogens with zero attached hydrogens (tertiary/aromatic N) is 2. The predicted molar refractivity (Wildman–Crippen MR) is 78.4 cm³/mol. The number of fused-ring (bicyclic) bond motifs is 1. The number of hydrogen-bond acceptors (Lipinski definition) is 3. The van der Waals surface area contributed by atoms with Gasteiger partial charge in [0, 0.05) is 42.4 Å². The summed E-state index contributed by atoms with van der Waals surface area (Å²) in [6.45, 7) is 2.47. The monoisotopic (exact) mass is 253 g/mol. The molecular weight excluding hydrogens is 234 g/mol. The van der Waals surface area contributed by atoms with E-state index in [1.807, 2.05) is 12.3 Å². The molecule has 1 aromatic carbocycles. The van der Waals surface area contributed by atoms with E-state index in [-0.39, 0.29) is 0 Å². The van der Waals surface area contributed by atoms with Gasteiger partial charge in [-0.15, -0.1) is 0 Å².